The Balaban J connectivity index is 1.49. The largest absolute Gasteiger partial charge is 0.492 e. The van der Waals surface area contributed by atoms with Crippen molar-refractivity contribution in [2.75, 3.05) is 6.61 Å². The van der Waals surface area contributed by atoms with Gasteiger partial charge in [0.25, 0.3) is 6.01 Å². The van der Waals surface area contributed by atoms with Crippen LogP contribution in [0.25, 0.3) is 11.0 Å². The predicted octanol–water partition coefficient (Wildman–Crippen LogP) is 4.56. The van der Waals surface area contributed by atoms with Crippen molar-refractivity contribution in [1.29, 1.82) is 0 Å². The van der Waals surface area contributed by atoms with E-state index < -0.39 is 5.54 Å². The molecule has 0 aliphatic heterocycles. The molecule has 7 nitrogen and oxygen atoms in total. The van der Waals surface area contributed by atoms with Crippen LogP contribution in [0.4, 0.5) is 0 Å². The molecule has 1 aromatic carbocycles. The number of carbonyl (C=O) groups excluding carboxylic acids is 1. The first-order valence-electron chi connectivity index (χ1n) is 9.55. The molecule has 2 N–H and O–H groups in total. The summed E-state index contributed by atoms with van der Waals surface area (Å²) in [5, 5.41) is 3.41. The minimum Gasteiger partial charge on any atom is -0.492 e. The number of aromatic amines is 1. The Hall–Kier alpha value is -2.80. The molecule has 0 unspecified atom stereocenters. The highest BCUT2D eigenvalue weighted by Gasteiger charge is 2.24. The first-order chi connectivity index (χ1) is 13.8. The van der Waals surface area contributed by atoms with E-state index in [2.05, 4.69) is 20.3 Å². The lowest BCUT2D eigenvalue weighted by molar-refractivity contribution is -0.120. The summed E-state index contributed by atoms with van der Waals surface area (Å²) in [4.78, 5) is 23.3. The molecule has 8 heteroatoms. The first kappa shape index (κ1) is 19.5. The maximum Gasteiger partial charge on any atom is 0.300 e. The van der Waals surface area contributed by atoms with Crippen molar-refractivity contribution in [2.24, 2.45) is 5.92 Å². The van der Waals surface area contributed by atoms with Crippen molar-refractivity contribution in [3.8, 4) is 17.5 Å². The number of rotatable bonds is 7. The summed E-state index contributed by atoms with van der Waals surface area (Å²) in [5.41, 5.74) is 1.64. The standard InChI is InChI=1S/C21H23ClN4O3/c1-12(27)26-21(2,3)19-7-6-14(10-23-19)29-20-24-16-8-15(22)18(9-17(16)25-20)28-11-13-4-5-13/h6-10,13H,4-5,11H2,1-3H3,(H,24,25)(H,26,27). The van der Waals surface area contributed by atoms with Crippen LogP contribution in [0.2, 0.25) is 5.02 Å². The van der Waals surface area contributed by atoms with Crippen LogP contribution in [0.3, 0.4) is 0 Å². The Morgan fingerprint density at radius 2 is 2.14 bits per heavy atom. The van der Waals surface area contributed by atoms with Crippen LogP contribution in [0, 0.1) is 5.92 Å². The van der Waals surface area contributed by atoms with Gasteiger partial charge < -0.3 is 19.8 Å². The van der Waals surface area contributed by atoms with E-state index in [0.29, 0.717) is 40.6 Å². The van der Waals surface area contributed by atoms with E-state index in [-0.39, 0.29) is 5.91 Å². The van der Waals surface area contributed by atoms with Crippen molar-refractivity contribution in [1.82, 2.24) is 20.3 Å². The molecule has 0 spiro atoms. The number of nitrogens with one attached hydrogen (secondary N) is 2. The Morgan fingerprint density at radius 1 is 1.34 bits per heavy atom. The Bertz CT molecular complexity index is 1040. The summed E-state index contributed by atoms with van der Waals surface area (Å²) in [6, 6.07) is 7.55. The monoisotopic (exact) mass is 414 g/mol. The van der Waals surface area contributed by atoms with E-state index in [1.807, 2.05) is 26.0 Å². The van der Waals surface area contributed by atoms with Crippen molar-refractivity contribution < 1.29 is 14.3 Å². The Morgan fingerprint density at radius 3 is 2.79 bits per heavy atom. The average Bonchev–Trinajstić information content (AvgIpc) is 3.39. The molecule has 1 amide bonds. The third kappa shape index (κ3) is 4.62. The molecule has 152 valence electrons. The Labute approximate surface area is 173 Å². The van der Waals surface area contributed by atoms with Gasteiger partial charge in [0.1, 0.15) is 11.5 Å². The topological polar surface area (TPSA) is 89.1 Å². The van der Waals surface area contributed by atoms with Crippen molar-refractivity contribution in [2.45, 2.75) is 39.2 Å². The van der Waals surface area contributed by atoms with Gasteiger partial charge in [0.2, 0.25) is 5.91 Å². The second kappa shape index (κ2) is 7.55. The SMILES string of the molecule is CC(=O)NC(C)(C)c1ccc(Oc2nc3cc(OCC4CC4)c(Cl)cc3[nH]2)cn1. The average molecular weight is 415 g/mol. The molecule has 29 heavy (non-hydrogen) atoms. The van der Waals surface area contributed by atoms with Crippen LogP contribution in [-0.4, -0.2) is 27.5 Å². The minimum atomic E-state index is -0.572. The van der Waals surface area contributed by atoms with Gasteiger partial charge in [-0.2, -0.15) is 4.98 Å². The minimum absolute atomic E-state index is 0.112. The summed E-state index contributed by atoms with van der Waals surface area (Å²) >= 11 is 6.32. The lowest BCUT2D eigenvalue weighted by atomic mass is 10.00. The zero-order chi connectivity index (χ0) is 20.6. The fourth-order valence-electron chi connectivity index (χ4n) is 3.07. The number of aromatic nitrogens is 3. The van der Waals surface area contributed by atoms with Gasteiger partial charge in [-0.3, -0.25) is 9.78 Å². The highest BCUT2D eigenvalue weighted by molar-refractivity contribution is 6.32. The highest BCUT2D eigenvalue weighted by Crippen LogP contribution is 2.34. The number of imidazole rings is 1. The molecule has 1 aliphatic carbocycles. The molecule has 4 rings (SSSR count). The Kier molecular flexibility index (Phi) is 5.08. The first-order valence-corrected chi connectivity index (χ1v) is 9.93. The summed E-state index contributed by atoms with van der Waals surface area (Å²) in [7, 11) is 0. The quantitative estimate of drug-likeness (QED) is 0.591. The number of fused-ring (bicyclic) bond motifs is 1. The van der Waals surface area contributed by atoms with Gasteiger partial charge >= 0.3 is 0 Å². The number of ether oxygens (including phenoxy) is 2. The fraction of sp³-hybridized carbons (Fsp3) is 0.381. The van der Waals surface area contributed by atoms with Crippen LogP contribution >= 0.6 is 11.6 Å². The van der Waals surface area contributed by atoms with Crippen molar-refractivity contribution in [3.05, 3.63) is 41.2 Å². The smallest absolute Gasteiger partial charge is 0.300 e. The molecule has 1 fully saturated rings. The van der Waals surface area contributed by atoms with Gasteiger partial charge in [-0.05, 0) is 50.8 Å². The van der Waals surface area contributed by atoms with E-state index in [0.717, 1.165) is 11.2 Å². The fourth-order valence-corrected chi connectivity index (χ4v) is 3.28. The van der Waals surface area contributed by atoms with Crippen molar-refractivity contribution in [3.63, 3.8) is 0 Å². The lowest BCUT2D eigenvalue weighted by Crippen LogP contribution is -2.40. The van der Waals surface area contributed by atoms with E-state index in [1.54, 1.807) is 18.3 Å². The second-order valence-corrected chi connectivity index (χ2v) is 8.29. The lowest BCUT2D eigenvalue weighted by Gasteiger charge is -2.24. The van der Waals surface area contributed by atoms with Gasteiger partial charge in [-0.25, -0.2) is 0 Å². The zero-order valence-corrected chi connectivity index (χ0v) is 17.3. The van der Waals surface area contributed by atoms with Crippen LogP contribution < -0.4 is 14.8 Å². The van der Waals surface area contributed by atoms with E-state index >= 15 is 0 Å². The summed E-state index contributed by atoms with van der Waals surface area (Å²) < 4.78 is 11.6. The number of H-pyrrole nitrogens is 1. The third-order valence-electron chi connectivity index (χ3n) is 4.77. The maximum atomic E-state index is 11.4. The number of nitrogens with zero attached hydrogens (tertiary/aromatic N) is 2. The van der Waals surface area contributed by atoms with Gasteiger partial charge in [0.15, 0.2) is 0 Å². The summed E-state index contributed by atoms with van der Waals surface area (Å²) in [6.07, 6.45) is 4.04. The molecule has 1 aliphatic rings. The number of amides is 1. The van der Waals surface area contributed by atoms with Crippen LogP contribution in [0.15, 0.2) is 30.5 Å². The van der Waals surface area contributed by atoms with Gasteiger partial charge in [-0.1, -0.05) is 11.6 Å². The zero-order valence-electron chi connectivity index (χ0n) is 16.6. The van der Waals surface area contributed by atoms with E-state index in [1.165, 1.54) is 19.8 Å². The van der Waals surface area contributed by atoms with E-state index in [4.69, 9.17) is 21.1 Å². The van der Waals surface area contributed by atoms with Crippen LogP contribution in [0.1, 0.15) is 39.3 Å². The molecule has 3 aromatic rings. The summed E-state index contributed by atoms with van der Waals surface area (Å²) in [6.45, 7) is 5.95. The van der Waals surface area contributed by atoms with Gasteiger partial charge in [0, 0.05) is 13.0 Å². The number of hydrogen-bond donors (Lipinski definition) is 2. The number of benzene rings is 1. The highest BCUT2D eigenvalue weighted by atomic mass is 35.5. The summed E-state index contributed by atoms with van der Waals surface area (Å²) in [5.74, 6) is 1.70. The second-order valence-electron chi connectivity index (χ2n) is 7.88. The predicted molar refractivity (Wildman–Crippen MR) is 110 cm³/mol. The molecular formula is C21H23ClN4O3. The molecule has 2 heterocycles. The number of pyridine rings is 1. The molecule has 0 atom stereocenters. The molecule has 0 saturated heterocycles. The van der Waals surface area contributed by atoms with E-state index in [9.17, 15) is 4.79 Å². The third-order valence-corrected chi connectivity index (χ3v) is 5.06. The molecular weight excluding hydrogens is 392 g/mol. The molecule has 1 saturated carbocycles. The van der Waals surface area contributed by atoms with Crippen LogP contribution in [0.5, 0.6) is 17.5 Å². The van der Waals surface area contributed by atoms with Gasteiger partial charge in [0.05, 0.1) is 40.1 Å². The van der Waals surface area contributed by atoms with Crippen molar-refractivity contribution >= 4 is 28.5 Å². The van der Waals surface area contributed by atoms with Crippen LogP contribution in [-0.2, 0) is 10.3 Å². The van der Waals surface area contributed by atoms with Gasteiger partial charge in [-0.15, -0.1) is 0 Å². The molecule has 0 radical (unpaired) electrons. The normalized spacial score (nSPS) is 14.1. The number of hydrogen-bond acceptors (Lipinski definition) is 5. The molecule has 0 bridgehead atoms. The number of carbonyl (C=O) groups is 1. The number of halogens is 1. The maximum absolute atomic E-state index is 11.4. The molecule has 2 aromatic heterocycles.